The summed E-state index contributed by atoms with van der Waals surface area (Å²) in [5.41, 5.74) is 1.03. The quantitative estimate of drug-likeness (QED) is 0.276. The number of nitrogens with zero attached hydrogens (tertiary/aromatic N) is 3. The van der Waals surface area contributed by atoms with Crippen molar-refractivity contribution in [3.63, 3.8) is 0 Å². The van der Waals surface area contributed by atoms with Gasteiger partial charge in [0.25, 0.3) is 0 Å². The normalized spacial score (nSPS) is 11.8. The van der Waals surface area contributed by atoms with E-state index in [4.69, 9.17) is 28.3 Å². The van der Waals surface area contributed by atoms with E-state index in [2.05, 4.69) is 4.72 Å². The zero-order chi connectivity index (χ0) is 26.0. The molecule has 6 nitrogen and oxygen atoms in total. The summed E-state index contributed by atoms with van der Waals surface area (Å²) in [6, 6.07) is 13.2. The zero-order valence-corrected chi connectivity index (χ0v) is 21.9. The van der Waals surface area contributed by atoms with Crippen molar-refractivity contribution in [1.29, 1.82) is 0 Å². The number of rotatable bonds is 9. The van der Waals surface area contributed by atoms with Gasteiger partial charge in [0.05, 0.1) is 17.0 Å². The van der Waals surface area contributed by atoms with Gasteiger partial charge in [-0.2, -0.15) is 5.10 Å². The number of halogens is 4. The molecule has 0 amide bonds. The highest BCUT2D eigenvalue weighted by molar-refractivity contribution is 7.89. The summed E-state index contributed by atoms with van der Waals surface area (Å²) in [7, 11) is -4.08. The molecular weight excluding hydrogens is 529 g/mol. The average molecular weight is 553 g/mol. The Morgan fingerprint density at radius 3 is 2.17 bits per heavy atom. The number of fused-ring (bicyclic) bond motifs is 1. The molecule has 0 fully saturated rings. The molecule has 0 aliphatic rings. The molecule has 4 aromatic rings. The van der Waals surface area contributed by atoms with Crippen molar-refractivity contribution in [3.8, 4) is 0 Å². The summed E-state index contributed by atoms with van der Waals surface area (Å²) in [6.45, 7) is 5.02. The second-order valence-electron chi connectivity index (χ2n) is 8.06. The Bertz CT molecular complexity index is 1480. The number of nitrogens with one attached hydrogen (secondary N) is 1. The molecule has 0 aliphatic heterocycles. The van der Waals surface area contributed by atoms with E-state index >= 15 is 0 Å². The molecule has 0 radical (unpaired) electrons. The van der Waals surface area contributed by atoms with Crippen LogP contribution in [-0.2, 0) is 23.1 Å². The molecule has 0 saturated carbocycles. The summed E-state index contributed by atoms with van der Waals surface area (Å²) in [5.74, 6) is -1.04. The van der Waals surface area contributed by atoms with Gasteiger partial charge in [-0.15, -0.1) is 0 Å². The Morgan fingerprint density at radius 1 is 0.944 bits per heavy atom. The minimum absolute atomic E-state index is 0.0459. The van der Waals surface area contributed by atoms with Crippen LogP contribution in [0.1, 0.15) is 25.0 Å². The van der Waals surface area contributed by atoms with E-state index in [9.17, 15) is 17.2 Å². The maximum atomic E-state index is 14.0. The molecule has 1 aromatic heterocycles. The van der Waals surface area contributed by atoms with Crippen LogP contribution in [0.3, 0.4) is 0 Å². The van der Waals surface area contributed by atoms with Crippen molar-refractivity contribution >= 4 is 49.9 Å². The second-order valence-corrected chi connectivity index (χ2v) is 10.6. The maximum absolute atomic E-state index is 14.0. The van der Waals surface area contributed by atoms with Gasteiger partial charge in [-0.3, -0.25) is 4.68 Å². The van der Waals surface area contributed by atoms with Gasteiger partial charge in [-0.05, 0) is 56.3 Å². The number of hydrogen-bond acceptors (Lipinski definition) is 4. The van der Waals surface area contributed by atoms with Crippen LogP contribution < -0.4 is 9.62 Å². The smallest absolute Gasteiger partial charge is 0.240 e. The first-order valence-electron chi connectivity index (χ1n) is 11.3. The van der Waals surface area contributed by atoms with Crippen molar-refractivity contribution in [2.24, 2.45) is 0 Å². The summed E-state index contributed by atoms with van der Waals surface area (Å²) >= 11 is 12.7. The third-order valence-electron chi connectivity index (χ3n) is 5.95. The van der Waals surface area contributed by atoms with E-state index < -0.39 is 28.2 Å². The fourth-order valence-corrected chi connectivity index (χ4v) is 5.51. The van der Waals surface area contributed by atoms with E-state index in [1.54, 1.807) is 28.9 Å². The maximum Gasteiger partial charge on any atom is 0.240 e. The molecule has 190 valence electrons. The second kappa shape index (κ2) is 10.7. The molecule has 1 N–H and O–H groups in total. The molecule has 3 aromatic carbocycles. The third-order valence-corrected chi connectivity index (χ3v) is 8.05. The van der Waals surface area contributed by atoms with Gasteiger partial charge >= 0.3 is 0 Å². The van der Waals surface area contributed by atoms with Crippen LogP contribution in [0.4, 0.5) is 14.6 Å². The summed E-state index contributed by atoms with van der Waals surface area (Å²) in [4.78, 5) is 1.96. The SMILES string of the molecule is CCN(CC)c1nn(Cc2c(Cl)cccc2Cl)c2ccc(S(=O)(=O)NCc3c(F)cccc3F)cc12. The third kappa shape index (κ3) is 5.20. The van der Waals surface area contributed by atoms with E-state index in [-0.39, 0.29) is 17.0 Å². The topological polar surface area (TPSA) is 67.2 Å². The molecule has 0 saturated heterocycles. The van der Waals surface area contributed by atoms with Gasteiger partial charge in [0.2, 0.25) is 10.0 Å². The largest absolute Gasteiger partial charge is 0.355 e. The van der Waals surface area contributed by atoms with Crippen LogP contribution in [0.2, 0.25) is 10.0 Å². The van der Waals surface area contributed by atoms with Crippen molar-refractivity contribution in [2.45, 2.75) is 31.8 Å². The number of benzene rings is 3. The van der Waals surface area contributed by atoms with E-state index in [1.165, 1.54) is 18.2 Å². The van der Waals surface area contributed by atoms with Crippen molar-refractivity contribution in [1.82, 2.24) is 14.5 Å². The lowest BCUT2D eigenvalue weighted by Gasteiger charge is -2.18. The highest BCUT2D eigenvalue weighted by Crippen LogP contribution is 2.32. The lowest BCUT2D eigenvalue weighted by Crippen LogP contribution is -2.24. The van der Waals surface area contributed by atoms with E-state index in [0.29, 0.717) is 45.4 Å². The molecule has 11 heteroatoms. The first-order valence-corrected chi connectivity index (χ1v) is 13.5. The predicted molar refractivity (Wildman–Crippen MR) is 139 cm³/mol. The average Bonchev–Trinajstić information content (AvgIpc) is 3.19. The Kier molecular flexibility index (Phi) is 7.85. The molecule has 0 aliphatic carbocycles. The fourth-order valence-electron chi connectivity index (χ4n) is 3.97. The Balaban J connectivity index is 1.75. The van der Waals surface area contributed by atoms with Crippen LogP contribution in [0.25, 0.3) is 10.9 Å². The molecule has 0 unspecified atom stereocenters. The summed E-state index contributed by atoms with van der Waals surface area (Å²) in [6.07, 6.45) is 0. The molecule has 0 bridgehead atoms. The van der Waals surface area contributed by atoms with Crippen LogP contribution in [0.5, 0.6) is 0 Å². The standard InChI is InChI=1S/C25H24Cl2F2N4O2S/c1-3-32(4-2)25-17-13-16(36(34,35)30-14-18-22(28)9-6-10-23(18)29)11-12-24(17)33(31-25)15-19-20(26)7-5-8-21(19)27/h5-13,30H,3-4,14-15H2,1-2H3. The highest BCUT2D eigenvalue weighted by atomic mass is 35.5. The minimum Gasteiger partial charge on any atom is -0.355 e. The van der Waals surface area contributed by atoms with Gasteiger partial charge in [0.1, 0.15) is 11.6 Å². The monoisotopic (exact) mass is 552 g/mol. The molecular formula is C25H24Cl2F2N4O2S. The van der Waals surface area contributed by atoms with Crippen LogP contribution >= 0.6 is 23.2 Å². The lowest BCUT2D eigenvalue weighted by atomic mass is 10.2. The Labute approximate surface area is 218 Å². The van der Waals surface area contributed by atoms with Gasteiger partial charge in [-0.25, -0.2) is 21.9 Å². The molecule has 36 heavy (non-hydrogen) atoms. The highest BCUT2D eigenvalue weighted by Gasteiger charge is 2.22. The molecule has 0 atom stereocenters. The van der Waals surface area contributed by atoms with Crippen molar-refractivity contribution in [3.05, 3.63) is 87.4 Å². The van der Waals surface area contributed by atoms with Crippen LogP contribution in [0.15, 0.2) is 59.5 Å². The first-order chi connectivity index (χ1) is 17.2. The number of anilines is 1. The van der Waals surface area contributed by atoms with E-state index in [1.807, 2.05) is 18.7 Å². The summed E-state index contributed by atoms with van der Waals surface area (Å²) in [5, 5.41) is 6.37. The zero-order valence-electron chi connectivity index (χ0n) is 19.6. The van der Waals surface area contributed by atoms with Gasteiger partial charge in [-0.1, -0.05) is 35.3 Å². The summed E-state index contributed by atoms with van der Waals surface area (Å²) < 4.78 is 58.1. The van der Waals surface area contributed by atoms with Gasteiger partial charge in [0.15, 0.2) is 5.82 Å². The molecule has 0 spiro atoms. The van der Waals surface area contributed by atoms with Crippen molar-refractivity contribution < 1.29 is 17.2 Å². The first kappa shape index (κ1) is 26.3. The molecule has 1 heterocycles. The van der Waals surface area contributed by atoms with Gasteiger partial charge in [0, 0.05) is 46.2 Å². The fraction of sp³-hybridized carbons (Fsp3) is 0.240. The molecule has 4 rings (SSSR count). The van der Waals surface area contributed by atoms with Crippen LogP contribution in [-0.4, -0.2) is 31.3 Å². The number of aromatic nitrogens is 2. The Morgan fingerprint density at radius 2 is 1.56 bits per heavy atom. The van der Waals surface area contributed by atoms with Gasteiger partial charge < -0.3 is 4.90 Å². The van der Waals surface area contributed by atoms with Crippen LogP contribution in [0, 0.1) is 11.6 Å². The number of hydrogen-bond donors (Lipinski definition) is 1. The Hall–Kier alpha value is -2.72. The minimum atomic E-state index is -4.08. The van der Waals surface area contributed by atoms with E-state index in [0.717, 1.165) is 12.1 Å². The number of sulfonamides is 1. The predicted octanol–water partition coefficient (Wildman–Crippen LogP) is 5.99. The van der Waals surface area contributed by atoms with Crippen molar-refractivity contribution in [2.75, 3.05) is 18.0 Å². The lowest BCUT2D eigenvalue weighted by molar-refractivity contribution is 0.544.